The Bertz CT molecular complexity index is 634. The normalized spacial score (nSPS) is 14.2. The number of guanidine groups is 1. The zero-order valence-electron chi connectivity index (χ0n) is 17.1. The van der Waals surface area contributed by atoms with E-state index >= 15 is 0 Å². The molecule has 1 aliphatic rings. The van der Waals surface area contributed by atoms with Crippen molar-refractivity contribution in [2.75, 3.05) is 47.0 Å². The molecule has 0 aromatic heterocycles. The number of nitrogens with zero attached hydrogens (tertiary/aromatic N) is 2. The van der Waals surface area contributed by atoms with Crippen molar-refractivity contribution in [3.8, 4) is 5.75 Å². The zero-order chi connectivity index (χ0) is 19.5. The molecule has 1 aliphatic heterocycles. The van der Waals surface area contributed by atoms with Gasteiger partial charge in [0.25, 0.3) is 0 Å². The van der Waals surface area contributed by atoms with E-state index in [0.29, 0.717) is 25.7 Å². The van der Waals surface area contributed by atoms with E-state index < -0.39 is 0 Å². The number of benzene rings is 1. The van der Waals surface area contributed by atoms with E-state index in [1.807, 2.05) is 24.0 Å². The predicted molar refractivity (Wildman–Crippen MR) is 123 cm³/mol. The molecule has 1 fully saturated rings. The average molecular weight is 504 g/mol. The molecular formula is C20H33IN4O3. The molecule has 0 bridgehead atoms. The number of piperidine rings is 1. The lowest BCUT2D eigenvalue weighted by molar-refractivity contribution is -0.130. The van der Waals surface area contributed by atoms with Crippen molar-refractivity contribution < 1.29 is 14.3 Å². The smallest absolute Gasteiger partial charge is 0.241 e. The lowest BCUT2D eigenvalue weighted by Crippen LogP contribution is -2.45. The minimum absolute atomic E-state index is 0. The standard InChI is InChI=1S/C20H32N4O3.HI/c1-16-7-8-17(18(13-16)27-12-11-26-3)14-22-20(21-2)23-15-19(25)24-9-5-4-6-10-24;/h7-8,13H,4-6,9-12,14-15H2,1-3H3,(H2,21,22,23);1H. The highest BCUT2D eigenvalue weighted by Crippen LogP contribution is 2.20. The number of ether oxygens (including phenoxy) is 2. The topological polar surface area (TPSA) is 75.2 Å². The molecule has 2 N–H and O–H groups in total. The molecular weight excluding hydrogens is 471 g/mol. The second-order valence-corrected chi connectivity index (χ2v) is 6.67. The number of likely N-dealkylation sites (tertiary alicyclic amines) is 1. The highest BCUT2D eigenvalue weighted by molar-refractivity contribution is 14.0. The fourth-order valence-electron chi connectivity index (χ4n) is 2.99. The van der Waals surface area contributed by atoms with Crippen molar-refractivity contribution in [1.29, 1.82) is 0 Å². The number of carbonyl (C=O) groups excluding carboxylic acids is 1. The first-order valence-corrected chi connectivity index (χ1v) is 9.57. The summed E-state index contributed by atoms with van der Waals surface area (Å²) in [7, 11) is 3.36. The number of carbonyl (C=O) groups is 1. The Balaban J connectivity index is 0.00000392. The lowest BCUT2D eigenvalue weighted by atomic mass is 10.1. The Hall–Kier alpha value is -1.55. The average Bonchev–Trinajstić information content (AvgIpc) is 2.70. The molecule has 28 heavy (non-hydrogen) atoms. The van der Waals surface area contributed by atoms with Crippen molar-refractivity contribution in [3.05, 3.63) is 29.3 Å². The third-order valence-corrected chi connectivity index (χ3v) is 4.55. The van der Waals surface area contributed by atoms with Gasteiger partial charge in [-0.2, -0.15) is 0 Å². The lowest BCUT2D eigenvalue weighted by Gasteiger charge is -2.27. The van der Waals surface area contributed by atoms with Crippen LogP contribution in [0.2, 0.25) is 0 Å². The van der Waals surface area contributed by atoms with Gasteiger partial charge in [0.15, 0.2) is 5.96 Å². The van der Waals surface area contributed by atoms with E-state index in [-0.39, 0.29) is 36.4 Å². The van der Waals surface area contributed by atoms with Gasteiger partial charge in [0.1, 0.15) is 12.4 Å². The monoisotopic (exact) mass is 504 g/mol. The van der Waals surface area contributed by atoms with Crippen LogP contribution in [0, 0.1) is 6.92 Å². The van der Waals surface area contributed by atoms with Crippen LogP contribution in [0.4, 0.5) is 0 Å². The largest absolute Gasteiger partial charge is 0.491 e. The number of amides is 1. The molecule has 158 valence electrons. The summed E-state index contributed by atoms with van der Waals surface area (Å²) < 4.78 is 10.9. The minimum atomic E-state index is 0. The number of nitrogens with one attached hydrogen (secondary N) is 2. The number of methoxy groups -OCH3 is 1. The molecule has 1 amide bonds. The van der Waals surface area contributed by atoms with E-state index in [0.717, 1.165) is 42.8 Å². The highest BCUT2D eigenvalue weighted by Gasteiger charge is 2.16. The van der Waals surface area contributed by atoms with Crippen LogP contribution >= 0.6 is 24.0 Å². The van der Waals surface area contributed by atoms with Gasteiger partial charge in [-0.25, -0.2) is 0 Å². The Labute approximate surface area is 185 Å². The first-order chi connectivity index (χ1) is 13.1. The summed E-state index contributed by atoms with van der Waals surface area (Å²) in [5.41, 5.74) is 2.17. The van der Waals surface area contributed by atoms with Gasteiger partial charge in [-0.3, -0.25) is 9.79 Å². The fraction of sp³-hybridized carbons (Fsp3) is 0.600. The minimum Gasteiger partial charge on any atom is -0.491 e. The summed E-state index contributed by atoms with van der Waals surface area (Å²) >= 11 is 0. The SMILES string of the molecule is CN=C(NCC(=O)N1CCCCC1)NCc1ccc(C)cc1OCCOC.I. The number of hydrogen-bond donors (Lipinski definition) is 2. The highest BCUT2D eigenvalue weighted by atomic mass is 127. The molecule has 0 atom stereocenters. The second kappa shape index (κ2) is 13.6. The third-order valence-electron chi connectivity index (χ3n) is 4.55. The fourth-order valence-corrected chi connectivity index (χ4v) is 2.99. The maximum atomic E-state index is 12.3. The molecule has 0 unspecified atom stereocenters. The van der Waals surface area contributed by atoms with Gasteiger partial charge in [-0.1, -0.05) is 12.1 Å². The van der Waals surface area contributed by atoms with Gasteiger partial charge >= 0.3 is 0 Å². The van der Waals surface area contributed by atoms with Crippen LogP contribution in [0.15, 0.2) is 23.2 Å². The molecule has 0 saturated carbocycles. The van der Waals surface area contributed by atoms with Gasteiger partial charge in [-0.15, -0.1) is 24.0 Å². The molecule has 8 heteroatoms. The van der Waals surface area contributed by atoms with Gasteiger partial charge < -0.3 is 25.0 Å². The Morgan fingerprint density at radius 1 is 1.18 bits per heavy atom. The van der Waals surface area contributed by atoms with E-state index in [4.69, 9.17) is 9.47 Å². The van der Waals surface area contributed by atoms with Crippen LogP contribution in [-0.4, -0.2) is 63.8 Å². The summed E-state index contributed by atoms with van der Waals surface area (Å²) in [6.45, 7) is 5.61. The number of aryl methyl sites for hydroxylation is 1. The van der Waals surface area contributed by atoms with Gasteiger partial charge in [0.2, 0.25) is 5.91 Å². The van der Waals surface area contributed by atoms with Crippen LogP contribution < -0.4 is 15.4 Å². The summed E-state index contributed by atoms with van der Waals surface area (Å²) in [4.78, 5) is 18.4. The number of aliphatic imine (C=N–C) groups is 1. The van der Waals surface area contributed by atoms with Crippen LogP contribution in [0.5, 0.6) is 5.75 Å². The van der Waals surface area contributed by atoms with Crippen molar-refractivity contribution in [3.63, 3.8) is 0 Å². The van der Waals surface area contributed by atoms with Crippen LogP contribution in [0.3, 0.4) is 0 Å². The molecule has 1 aromatic rings. The Morgan fingerprint density at radius 2 is 1.93 bits per heavy atom. The number of halogens is 1. The molecule has 0 radical (unpaired) electrons. The van der Waals surface area contributed by atoms with Gasteiger partial charge in [-0.05, 0) is 37.8 Å². The van der Waals surface area contributed by atoms with E-state index in [1.165, 1.54) is 6.42 Å². The van der Waals surface area contributed by atoms with Crippen molar-refractivity contribution in [1.82, 2.24) is 15.5 Å². The molecule has 2 rings (SSSR count). The molecule has 0 aliphatic carbocycles. The Kier molecular flexibility index (Phi) is 11.9. The van der Waals surface area contributed by atoms with Crippen LogP contribution in [0.1, 0.15) is 30.4 Å². The van der Waals surface area contributed by atoms with E-state index in [1.54, 1.807) is 14.2 Å². The third kappa shape index (κ3) is 8.22. The van der Waals surface area contributed by atoms with Crippen LogP contribution in [-0.2, 0) is 16.1 Å². The molecule has 0 spiro atoms. The zero-order valence-corrected chi connectivity index (χ0v) is 19.5. The number of rotatable bonds is 8. The first kappa shape index (κ1) is 24.5. The predicted octanol–water partition coefficient (Wildman–Crippen LogP) is 2.32. The molecule has 7 nitrogen and oxygen atoms in total. The van der Waals surface area contributed by atoms with Crippen molar-refractivity contribution in [2.45, 2.75) is 32.7 Å². The summed E-state index contributed by atoms with van der Waals surface area (Å²) in [6.07, 6.45) is 3.40. The summed E-state index contributed by atoms with van der Waals surface area (Å²) in [5.74, 6) is 1.56. The van der Waals surface area contributed by atoms with Gasteiger partial charge in [0, 0.05) is 39.4 Å². The van der Waals surface area contributed by atoms with Crippen molar-refractivity contribution >= 4 is 35.8 Å². The van der Waals surface area contributed by atoms with E-state index in [9.17, 15) is 4.79 Å². The molecule has 1 aromatic carbocycles. The first-order valence-electron chi connectivity index (χ1n) is 9.57. The van der Waals surface area contributed by atoms with Crippen LogP contribution in [0.25, 0.3) is 0 Å². The Morgan fingerprint density at radius 3 is 2.61 bits per heavy atom. The maximum Gasteiger partial charge on any atom is 0.241 e. The summed E-state index contributed by atoms with van der Waals surface area (Å²) in [6, 6.07) is 6.11. The van der Waals surface area contributed by atoms with E-state index in [2.05, 4.69) is 21.7 Å². The summed E-state index contributed by atoms with van der Waals surface area (Å²) in [5, 5.41) is 6.36. The van der Waals surface area contributed by atoms with Gasteiger partial charge in [0.05, 0.1) is 13.2 Å². The molecule has 1 saturated heterocycles. The maximum absolute atomic E-state index is 12.3. The molecule has 1 heterocycles. The quantitative estimate of drug-likeness (QED) is 0.246. The van der Waals surface area contributed by atoms with Crippen molar-refractivity contribution in [2.24, 2.45) is 4.99 Å². The second-order valence-electron chi connectivity index (χ2n) is 6.67. The number of hydrogen-bond acceptors (Lipinski definition) is 4.